The smallest absolute Gasteiger partial charge is 0.227 e. The Hall–Kier alpha value is -1.95. The average molecular weight is 319 g/mol. The number of hydrogen-bond acceptors (Lipinski definition) is 4. The summed E-state index contributed by atoms with van der Waals surface area (Å²) in [6, 6.07) is 6.13. The molecule has 1 saturated heterocycles. The van der Waals surface area contributed by atoms with Gasteiger partial charge in [0.05, 0.1) is 12.1 Å². The standard InChI is InChI=1S/C16H18FN3OS/c1-12-11-22-16(18-12)20-8-6-19(7-9-20)15(21)10-13-2-4-14(17)5-3-13/h2-5,11H,6-10H2,1H3. The minimum Gasteiger partial charge on any atom is -0.345 e. The van der Waals surface area contributed by atoms with Crippen LogP contribution >= 0.6 is 11.3 Å². The van der Waals surface area contributed by atoms with Crippen LogP contribution < -0.4 is 4.90 Å². The second-order valence-electron chi connectivity index (χ2n) is 5.44. The van der Waals surface area contributed by atoms with Crippen molar-refractivity contribution in [2.45, 2.75) is 13.3 Å². The Labute approximate surface area is 133 Å². The molecule has 3 rings (SSSR count). The molecule has 6 heteroatoms. The molecule has 2 heterocycles. The topological polar surface area (TPSA) is 36.4 Å². The molecule has 0 atom stereocenters. The number of thiazole rings is 1. The number of halogens is 1. The van der Waals surface area contributed by atoms with E-state index in [1.165, 1.54) is 12.1 Å². The van der Waals surface area contributed by atoms with E-state index >= 15 is 0 Å². The van der Waals surface area contributed by atoms with Crippen LogP contribution in [0.2, 0.25) is 0 Å². The number of anilines is 1. The SMILES string of the molecule is Cc1csc(N2CCN(C(=O)Cc3ccc(F)cc3)CC2)n1. The van der Waals surface area contributed by atoms with E-state index < -0.39 is 0 Å². The Morgan fingerprint density at radius 3 is 2.50 bits per heavy atom. The van der Waals surface area contributed by atoms with Crippen LogP contribution in [0.25, 0.3) is 0 Å². The molecule has 0 saturated carbocycles. The summed E-state index contributed by atoms with van der Waals surface area (Å²) in [4.78, 5) is 20.9. The van der Waals surface area contributed by atoms with Gasteiger partial charge < -0.3 is 9.80 Å². The first kappa shape index (κ1) is 15.0. The van der Waals surface area contributed by atoms with Crippen LogP contribution in [0.1, 0.15) is 11.3 Å². The highest BCUT2D eigenvalue weighted by Gasteiger charge is 2.22. The minimum absolute atomic E-state index is 0.0987. The predicted octanol–water partition coefficient (Wildman–Crippen LogP) is 2.48. The molecule has 1 aliphatic heterocycles. The number of carbonyl (C=O) groups excluding carboxylic acids is 1. The number of hydrogen-bond donors (Lipinski definition) is 0. The van der Waals surface area contributed by atoms with Gasteiger partial charge in [0, 0.05) is 31.6 Å². The third-order valence-corrected chi connectivity index (χ3v) is 4.80. The third kappa shape index (κ3) is 3.44. The van der Waals surface area contributed by atoms with Crippen molar-refractivity contribution >= 4 is 22.4 Å². The molecule has 2 aromatic rings. The van der Waals surface area contributed by atoms with Crippen molar-refractivity contribution in [3.63, 3.8) is 0 Å². The number of aryl methyl sites for hydroxylation is 1. The van der Waals surface area contributed by atoms with Gasteiger partial charge in [-0.15, -0.1) is 11.3 Å². The fourth-order valence-corrected chi connectivity index (χ4v) is 3.38. The van der Waals surface area contributed by atoms with Gasteiger partial charge in [-0.3, -0.25) is 4.79 Å². The zero-order valence-electron chi connectivity index (χ0n) is 12.5. The second-order valence-corrected chi connectivity index (χ2v) is 6.28. The van der Waals surface area contributed by atoms with Gasteiger partial charge >= 0.3 is 0 Å². The quantitative estimate of drug-likeness (QED) is 0.872. The third-order valence-electron chi connectivity index (χ3n) is 3.78. The molecule has 0 unspecified atom stereocenters. The Bertz CT molecular complexity index is 648. The van der Waals surface area contributed by atoms with Crippen LogP contribution in [0.4, 0.5) is 9.52 Å². The van der Waals surface area contributed by atoms with E-state index in [4.69, 9.17) is 0 Å². The van der Waals surface area contributed by atoms with Gasteiger partial charge in [0.25, 0.3) is 0 Å². The zero-order valence-corrected chi connectivity index (χ0v) is 13.3. The van der Waals surface area contributed by atoms with Crippen molar-refractivity contribution in [1.82, 2.24) is 9.88 Å². The van der Waals surface area contributed by atoms with E-state index in [-0.39, 0.29) is 11.7 Å². The van der Waals surface area contributed by atoms with Crippen molar-refractivity contribution in [2.24, 2.45) is 0 Å². The Morgan fingerprint density at radius 2 is 1.91 bits per heavy atom. The van der Waals surface area contributed by atoms with E-state index in [9.17, 15) is 9.18 Å². The molecule has 4 nitrogen and oxygen atoms in total. The lowest BCUT2D eigenvalue weighted by molar-refractivity contribution is -0.130. The number of rotatable bonds is 3. The van der Waals surface area contributed by atoms with Crippen molar-refractivity contribution in [1.29, 1.82) is 0 Å². The maximum absolute atomic E-state index is 12.9. The normalized spacial score (nSPS) is 15.2. The number of amides is 1. The Morgan fingerprint density at radius 1 is 1.23 bits per heavy atom. The largest absolute Gasteiger partial charge is 0.345 e. The Balaban J connectivity index is 1.54. The summed E-state index contributed by atoms with van der Waals surface area (Å²) in [5.74, 6) is -0.176. The summed E-state index contributed by atoms with van der Waals surface area (Å²) in [6.45, 7) is 5.02. The van der Waals surface area contributed by atoms with Crippen LogP contribution in [0.3, 0.4) is 0 Å². The molecular weight excluding hydrogens is 301 g/mol. The molecule has 22 heavy (non-hydrogen) atoms. The van der Waals surface area contributed by atoms with E-state index in [2.05, 4.69) is 9.88 Å². The molecule has 0 spiro atoms. The van der Waals surface area contributed by atoms with Crippen LogP contribution in [0.5, 0.6) is 0 Å². The molecule has 1 aromatic heterocycles. The van der Waals surface area contributed by atoms with E-state index in [0.717, 1.165) is 29.5 Å². The number of nitrogens with zero attached hydrogens (tertiary/aromatic N) is 3. The van der Waals surface area contributed by atoms with E-state index in [1.54, 1.807) is 23.5 Å². The second kappa shape index (κ2) is 6.44. The van der Waals surface area contributed by atoms with Crippen molar-refractivity contribution in [3.05, 3.63) is 46.7 Å². The van der Waals surface area contributed by atoms with E-state index in [1.807, 2.05) is 17.2 Å². The molecule has 116 valence electrons. The molecule has 1 aromatic carbocycles. The lowest BCUT2D eigenvalue weighted by Gasteiger charge is -2.34. The molecule has 0 radical (unpaired) electrons. The molecule has 0 bridgehead atoms. The van der Waals surface area contributed by atoms with Crippen LogP contribution in [-0.4, -0.2) is 42.0 Å². The molecule has 0 aliphatic carbocycles. The lowest BCUT2D eigenvalue weighted by Crippen LogP contribution is -2.49. The predicted molar refractivity (Wildman–Crippen MR) is 85.7 cm³/mol. The van der Waals surface area contributed by atoms with Gasteiger partial charge in [0.1, 0.15) is 5.82 Å². The monoisotopic (exact) mass is 319 g/mol. The highest BCUT2D eigenvalue weighted by Crippen LogP contribution is 2.21. The van der Waals surface area contributed by atoms with Gasteiger partial charge in [-0.25, -0.2) is 9.37 Å². The zero-order chi connectivity index (χ0) is 15.5. The summed E-state index contributed by atoms with van der Waals surface area (Å²) in [6.07, 6.45) is 0.330. The van der Waals surface area contributed by atoms with Gasteiger partial charge in [0.15, 0.2) is 5.13 Å². The summed E-state index contributed by atoms with van der Waals surface area (Å²) in [5.41, 5.74) is 1.89. The van der Waals surface area contributed by atoms with Crippen molar-refractivity contribution in [2.75, 3.05) is 31.1 Å². The fraction of sp³-hybridized carbons (Fsp3) is 0.375. The van der Waals surface area contributed by atoms with Crippen molar-refractivity contribution in [3.8, 4) is 0 Å². The maximum atomic E-state index is 12.9. The molecule has 1 aliphatic rings. The van der Waals surface area contributed by atoms with Crippen LogP contribution in [-0.2, 0) is 11.2 Å². The molecule has 0 N–H and O–H groups in total. The molecular formula is C16H18FN3OS. The minimum atomic E-state index is -0.274. The van der Waals surface area contributed by atoms with Gasteiger partial charge in [-0.2, -0.15) is 0 Å². The molecule has 1 fully saturated rings. The lowest BCUT2D eigenvalue weighted by atomic mass is 10.1. The number of piperazine rings is 1. The summed E-state index contributed by atoms with van der Waals surface area (Å²) in [5, 5.41) is 3.07. The first-order valence-electron chi connectivity index (χ1n) is 7.31. The van der Waals surface area contributed by atoms with Gasteiger partial charge in [0.2, 0.25) is 5.91 Å². The average Bonchev–Trinajstić information content (AvgIpc) is 2.96. The summed E-state index contributed by atoms with van der Waals surface area (Å²) in [7, 11) is 0. The maximum Gasteiger partial charge on any atom is 0.227 e. The first-order valence-corrected chi connectivity index (χ1v) is 8.19. The van der Waals surface area contributed by atoms with Crippen molar-refractivity contribution < 1.29 is 9.18 Å². The summed E-state index contributed by atoms with van der Waals surface area (Å²) < 4.78 is 12.9. The number of benzene rings is 1. The van der Waals surface area contributed by atoms with Crippen LogP contribution in [0.15, 0.2) is 29.6 Å². The van der Waals surface area contributed by atoms with Gasteiger partial charge in [-0.05, 0) is 24.6 Å². The molecule has 1 amide bonds. The highest BCUT2D eigenvalue weighted by molar-refractivity contribution is 7.13. The number of carbonyl (C=O) groups is 1. The van der Waals surface area contributed by atoms with Crippen LogP contribution in [0, 0.1) is 12.7 Å². The van der Waals surface area contributed by atoms with E-state index in [0.29, 0.717) is 19.5 Å². The summed E-state index contributed by atoms with van der Waals surface area (Å²) >= 11 is 1.65. The number of aromatic nitrogens is 1. The highest BCUT2D eigenvalue weighted by atomic mass is 32.1. The fourth-order valence-electron chi connectivity index (χ4n) is 2.52. The van der Waals surface area contributed by atoms with Gasteiger partial charge in [-0.1, -0.05) is 12.1 Å². The Kier molecular flexibility index (Phi) is 4.38. The first-order chi connectivity index (χ1) is 10.6.